The maximum absolute atomic E-state index is 10.8. The lowest BCUT2D eigenvalue weighted by molar-refractivity contribution is -0.384. The van der Waals surface area contributed by atoms with Gasteiger partial charge in [-0.25, -0.2) is 0 Å². The van der Waals surface area contributed by atoms with E-state index in [2.05, 4.69) is 15.6 Å². The molecular weight excluding hydrogens is 220 g/mol. The van der Waals surface area contributed by atoms with Gasteiger partial charge in [-0.15, -0.1) is 0 Å². The van der Waals surface area contributed by atoms with E-state index in [4.69, 9.17) is 0 Å². The predicted octanol–water partition coefficient (Wildman–Crippen LogP) is 1.40. The topological polar surface area (TPSA) is 80.1 Å². The van der Waals surface area contributed by atoms with Crippen molar-refractivity contribution >= 4 is 11.4 Å². The molecule has 6 nitrogen and oxygen atoms in total. The fraction of sp³-hybridized carbons (Fsp3) is 0.545. The van der Waals surface area contributed by atoms with Gasteiger partial charge in [0.15, 0.2) is 0 Å². The first kappa shape index (κ1) is 11.8. The van der Waals surface area contributed by atoms with Gasteiger partial charge in [0.1, 0.15) is 11.9 Å². The molecule has 0 aromatic carbocycles. The Labute approximate surface area is 99.6 Å². The van der Waals surface area contributed by atoms with Gasteiger partial charge in [-0.3, -0.25) is 15.1 Å². The van der Waals surface area contributed by atoms with Crippen LogP contribution in [-0.2, 0) is 0 Å². The van der Waals surface area contributed by atoms with Crippen molar-refractivity contribution in [3.63, 3.8) is 0 Å². The van der Waals surface area contributed by atoms with E-state index in [1.807, 2.05) is 0 Å². The highest BCUT2D eigenvalue weighted by molar-refractivity contribution is 5.59. The van der Waals surface area contributed by atoms with Crippen molar-refractivity contribution in [1.29, 1.82) is 0 Å². The molecule has 2 N–H and O–H groups in total. The summed E-state index contributed by atoms with van der Waals surface area (Å²) >= 11 is 0. The van der Waals surface area contributed by atoms with Crippen LogP contribution in [-0.4, -0.2) is 29.5 Å². The fourth-order valence-electron chi connectivity index (χ4n) is 2.02. The number of nitrogens with zero attached hydrogens (tertiary/aromatic N) is 2. The lowest BCUT2D eigenvalue weighted by Crippen LogP contribution is -2.31. The summed E-state index contributed by atoms with van der Waals surface area (Å²) in [5, 5.41) is 17.2. The quantitative estimate of drug-likeness (QED) is 0.610. The average Bonchev–Trinajstić information content (AvgIpc) is 2.38. The highest BCUT2D eigenvalue weighted by Crippen LogP contribution is 2.23. The molecule has 0 amide bonds. The molecule has 1 fully saturated rings. The zero-order valence-corrected chi connectivity index (χ0v) is 9.56. The van der Waals surface area contributed by atoms with Gasteiger partial charge in [-0.1, -0.05) is 0 Å². The Morgan fingerprint density at radius 3 is 3.00 bits per heavy atom. The number of hydrogen-bond acceptors (Lipinski definition) is 5. The second-order valence-corrected chi connectivity index (χ2v) is 4.22. The molecule has 6 heteroatoms. The standard InChI is InChI=1S/C11H16N4O2/c16-15(17)11-8-13-6-3-10(11)14-7-9-1-4-12-5-2-9/h3,6,8-9,12H,1-2,4-5,7H2,(H,13,14). The first-order chi connectivity index (χ1) is 8.27. The summed E-state index contributed by atoms with van der Waals surface area (Å²) in [4.78, 5) is 14.2. The molecular formula is C11H16N4O2. The summed E-state index contributed by atoms with van der Waals surface area (Å²) < 4.78 is 0. The highest BCUT2D eigenvalue weighted by atomic mass is 16.6. The SMILES string of the molecule is O=[N+]([O-])c1cnccc1NCC1CCNCC1. The van der Waals surface area contributed by atoms with E-state index < -0.39 is 4.92 Å². The van der Waals surface area contributed by atoms with Crippen LogP contribution in [0.1, 0.15) is 12.8 Å². The second-order valence-electron chi connectivity index (χ2n) is 4.22. The number of rotatable bonds is 4. The van der Waals surface area contributed by atoms with E-state index in [0.717, 1.165) is 32.5 Å². The van der Waals surface area contributed by atoms with E-state index in [0.29, 0.717) is 11.6 Å². The van der Waals surface area contributed by atoms with Crippen molar-refractivity contribution in [2.24, 2.45) is 5.92 Å². The number of pyridine rings is 1. The number of nitro groups is 1. The minimum Gasteiger partial charge on any atom is -0.379 e. The maximum atomic E-state index is 10.8. The largest absolute Gasteiger partial charge is 0.379 e. The number of hydrogen-bond donors (Lipinski definition) is 2. The molecule has 0 saturated carbocycles. The van der Waals surface area contributed by atoms with Crippen LogP contribution in [0.15, 0.2) is 18.5 Å². The molecule has 2 rings (SSSR count). The normalized spacial score (nSPS) is 16.7. The van der Waals surface area contributed by atoms with Gasteiger partial charge in [-0.2, -0.15) is 0 Å². The van der Waals surface area contributed by atoms with Gasteiger partial charge in [0.05, 0.1) is 4.92 Å². The third-order valence-electron chi connectivity index (χ3n) is 3.04. The smallest absolute Gasteiger partial charge is 0.310 e. The van der Waals surface area contributed by atoms with Gasteiger partial charge >= 0.3 is 5.69 Å². The molecule has 0 aliphatic carbocycles. The van der Waals surface area contributed by atoms with E-state index in [-0.39, 0.29) is 5.69 Å². The monoisotopic (exact) mass is 236 g/mol. The fourth-order valence-corrected chi connectivity index (χ4v) is 2.02. The number of anilines is 1. The van der Waals surface area contributed by atoms with Gasteiger partial charge in [0, 0.05) is 12.7 Å². The zero-order valence-electron chi connectivity index (χ0n) is 9.56. The summed E-state index contributed by atoms with van der Waals surface area (Å²) in [5.74, 6) is 0.587. The molecule has 17 heavy (non-hydrogen) atoms. The van der Waals surface area contributed by atoms with Crippen molar-refractivity contribution in [2.45, 2.75) is 12.8 Å². The molecule has 0 radical (unpaired) electrons. The van der Waals surface area contributed by atoms with Gasteiger partial charge < -0.3 is 10.6 Å². The van der Waals surface area contributed by atoms with E-state index >= 15 is 0 Å². The predicted molar refractivity (Wildman–Crippen MR) is 65.0 cm³/mol. The Balaban J connectivity index is 1.96. The minimum absolute atomic E-state index is 0.0430. The first-order valence-corrected chi connectivity index (χ1v) is 5.80. The summed E-state index contributed by atoms with van der Waals surface area (Å²) in [5.41, 5.74) is 0.602. The molecule has 0 bridgehead atoms. The Morgan fingerprint density at radius 2 is 2.29 bits per heavy atom. The summed E-state index contributed by atoms with van der Waals surface area (Å²) in [7, 11) is 0. The van der Waals surface area contributed by atoms with Crippen molar-refractivity contribution in [3.05, 3.63) is 28.6 Å². The van der Waals surface area contributed by atoms with Gasteiger partial charge in [0.2, 0.25) is 0 Å². The van der Waals surface area contributed by atoms with Crippen LogP contribution in [0.3, 0.4) is 0 Å². The Morgan fingerprint density at radius 1 is 1.53 bits per heavy atom. The van der Waals surface area contributed by atoms with Crippen LogP contribution in [0.2, 0.25) is 0 Å². The summed E-state index contributed by atoms with van der Waals surface area (Å²) in [6.45, 7) is 2.85. The molecule has 0 unspecified atom stereocenters. The van der Waals surface area contributed by atoms with Crippen molar-refractivity contribution in [1.82, 2.24) is 10.3 Å². The lowest BCUT2D eigenvalue weighted by Gasteiger charge is -2.23. The first-order valence-electron chi connectivity index (χ1n) is 5.80. The summed E-state index contributed by atoms with van der Waals surface area (Å²) in [6, 6.07) is 1.65. The molecule has 0 spiro atoms. The van der Waals surface area contributed by atoms with Crippen molar-refractivity contribution in [2.75, 3.05) is 25.0 Å². The second kappa shape index (κ2) is 5.58. The third-order valence-corrected chi connectivity index (χ3v) is 3.04. The summed E-state index contributed by atoms with van der Waals surface area (Å²) in [6.07, 6.45) is 5.08. The molecule has 1 aromatic rings. The van der Waals surface area contributed by atoms with Crippen LogP contribution in [0.4, 0.5) is 11.4 Å². The molecule has 1 aromatic heterocycles. The molecule has 1 saturated heterocycles. The zero-order chi connectivity index (χ0) is 12.1. The third kappa shape index (κ3) is 3.13. The van der Waals surface area contributed by atoms with Gasteiger partial charge in [0.25, 0.3) is 0 Å². The van der Waals surface area contributed by atoms with Crippen LogP contribution < -0.4 is 10.6 Å². The van der Waals surface area contributed by atoms with Crippen LogP contribution in [0, 0.1) is 16.0 Å². The van der Waals surface area contributed by atoms with Crippen molar-refractivity contribution < 1.29 is 4.92 Å². The molecule has 0 atom stereocenters. The molecule has 1 aliphatic heterocycles. The number of nitrogens with one attached hydrogen (secondary N) is 2. The van der Waals surface area contributed by atoms with Crippen LogP contribution in [0.25, 0.3) is 0 Å². The number of aromatic nitrogens is 1. The van der Waals surface area contributed by atoms with Crippen molar-refractivity contribution in [3.8, 4) is 0 Å². The maximum Gasteiger partial charge on any atom is 0.310 e. The molecule has 92 valence electrons. The van der Waals surface area contributed by atoms with E-state index in [9.17, 15) is 10.1 Å². The van der Waals surface area contributed by atoms with E-state index in [1.165, 1.54) is 6.20 Å². The van der Waals surface area contributed by atoms with Crippen LogP contribution in [0.5, 0.6) is 0 Å². The molecule has 1 aliphatic rings. The van der Waals surface area contributed by atoms with Crippen LogP contribution >= 0.6 is 0 Å². The Bertz CT molecular complexity index is 391. The van der Waals surface area contributed by atoms with Gasteiger partial charge in [-0.05, 0) is 37.9 Å². The number of piperidine rings is 1. The Kier molecular flexibility index (Phi) is 3.87. The lowest BCUT2D eigenvalue weighted by atomic mass is 9.98. The molecule has 2 heterocycles. The average molecular weight is 236 g/mol. The Hall–Kier alpha value is -1.69. The highest BCUT2D eigenvalue weighted by Gasteiger charge is 2.16. The van der Waals surface area contributed by atoms with E-state index in [1.54, 1.807) is 12.3 Å². The minimum atomic E-state index is -0.405.